The second-order valence-corrected chi connectivity index (χ2v) is 8.90. The number of hydrogen-bond acceptors (Lipinski definition) is 2. The summed E-state index contributed by atoms with van der Waals surface area (Å²) in [6.45, 7) is 2.36. The Morgan fingerprint density at radius 3 is 2.39 bits per heavy atom. The van der Waals surface area contributed by atoms with Crippen LogP contribution in [0.1, 0.15) is 54.8 Å². The predicted molar refractivity (Wildman–Crippen MR) is 127 cm³/mol. The van der Waals surface area contributed by atoms with Gasteiger partial charge in [0, 0.05) is 17.6 Å². The van der Waals surface area contributed by atoms with Crippen molar-refractivity contribution in [2.45, 2.75) is 57.5 Å². The van der Waals surface area contributed by atoms with Gasteiger partial charge in [0.1, 0.15) is 11.9 Å². The third-order valence-electron chi connectivity index (χ3n) is 5.98. The number of hydrogen-bond donors (Lipinski definition) is 1. The van der Waals surface area contributed by atoms with Crippen LogP contribution in [0.25, 0.3) is 0 Å². The molecule has 0 radical (unpaired) electrons. The molecule has 4 nitrogen and oxygen atoms in total. The highest BCUT2D eigenvalue weighted by Gasteiger charge is 2.33. The Bertz CT molecular complexity index is 879. The van der Waals surface area contributed by atoms with E-state index in [1.165, 1.54) is 6.42 Å². The molecule has 31 heavy (non-hydrogen) atoms. The largest absolute Gasteiger partial charge is 0.351 e. The maximum Gasteiger partial charge on any atom is 0.247 e. The molecule has 1 aliphatic rings. The van der Waals surface area contributed by atoms with Gasteiger partial charge in [0.25, 0.3) is 0 Å². The van der Waals surface area contributed by atoms with E-state index in [0.717, 1.165) is 42.4 Å². The van der Waals surface area contributed by atoms with Gasteiger partial charge in [-0.15, -0.1) is 11.6 Å². The third kappa shape index (κ3) is 6.47. The standard InChI is InChI=1S/C25H30Cl2N2O2/c1-18-7-5-6-10-22(18)24(25(31)28-21-8-3-2-4-9-21)29(23(30)17-26)16-15-19-11-13-20(27)14-12-19/h5-7,10-14,21,24H,2-4,8-9,15-17H2,1H3,(H,28,31). The fourth-order valence-electron chi connectivity index (χ4n) is 4.25. The van der Waals surface area contributed by atoms with E-state index in [-0.39, 0.29) is 23.7 Å². The van der Waals surface area contributed by atoms with Crippen molar-refractivity contribution in [2.24, 2.45) is 0 Å². The monoisotopic (exact) mass is 460 g/mol. The summed E-state index contributed by atoms with van der Waals surface area (Å²) >= 11 is 12.0. The van der Waals surface area contributed by atoms with Crippen LogP contribution in [0.15, 0.2) is 48.5 Å². The molecule has 1 aliphatic carbocycles. The van der Waals surface area contributed by atoms with Crippen LogP contribution in [0.5, 0.6) is 0 Å². The van der Waals surface area contributed by atoms with E-state index >= 15 is 0 Å². The summed E-state index contributed by atoms with van der Waals surface area (Å²) in [7, 11) is 0. The summed E-state index contributed by atoms with van der Waals surface area (Å²) in [4.78, 5) is 28.0. The third-order valence-corrected chi connectivity index (χ3v) is 6.46. The molecule has 1 N–H and O–H groups in total. The molecule has 2 aromatic rings. The molecule has 0 spiro atoms. The second kappa shape index (κ2) is 11.5. The molecule has 2 amide bonds. The van der Waals surface area contributed by atoms with Crippen molar-refractivity contribution in [2.75, 3.05) is 12.4 Å². The van der Waals surface area contributed by atoms with Crippen LogP contribution >= 0.6 is 23.2 Å². The van der Waals surface area contributed by atoms with Crippen LogP contribution in [0.3, 0.4) is 0 Å². The van der Waals surface area contributed by atoms with Gasteiger partial charge in [0.05, 0.1) is 0 Å². The first-order valence-electron chi connectivity index (χ1n) is 11.0. The Hall–Kier alpha value is -2.04. The Balaban J connectivity index is 1.88. The number of alkyl halides is 1. The molecule has 1 atom stereocenters. The number of nitrogens with zero attached hydrogens (tertiary/aromatic N) is 1. The van der Waals surface area contributed by atoms with E-state index in [1.54, 1.807) is 4.90 Å². The molecule has 0 heterocycles. The van der Waals surface area contributed by atoms with E-state index in [4.69, 9.17) is 23.2 Å². The molecular formula is C25H30Cl2N2O2. The molecule has 0 bridgehead atoms. The first-order valence-corrected chi connectivity index (χ1v) is 11.9. The van der Waals surface area contributed by atoms with E-state index in [2.05, 4.69) is 5.32 Å². The first kappa shape index (κ1) is 23.6. The van der Waals surface area contributed by atoms with Gasteiger partial charge in [-0.25, -0.2) is 0 Å². The highest BCUT2D eigenvalue weighted by molar-refractivity contribution is 6.30. The van der Waals surface area contributed by atoms with Crippen LogP contribution in [0.4, 0.5) is 0 Å². The van der Waals surface area contributed by atoms with Gasteiger partial charge >= 0.3 is 0 Å². The average Bonchev–Trinajstić information content (AvgIpc) is 2.78. The van der Waals surface area contributed by atoms with Gasteiger partial charge in [0.15, 0.2) is 0 Å². The number of carbonyl (C=O) groups is 2. The number of rotatable bonds is 8. The molecule has 1 saturated carbocycles. The topological polar surface area (TPSA) is 49.4 Å². The minimum Gasteiger partial charge on any atom is -0.351 e. The van der Waals surface area contributed by atoms with Crippen molar-refractivity contribution in [3.05, 3.63) is 70.2 Å². The van der Waals surface area contributed by atoms with Crippen molar-refractivity contribution >= 4 is 35.0 Å². The Labute approximate surface area is 194 Å². The van der Waals surface area contributed by atoms with Gasteiger partial charge in [-0.3, -0.25) is 9.59 Å². The van der Waals surface area contributed by atoms with Gasteiger partial charge in [-0.1, -0.05) is 67.3 Å². The number of halogens is 2. The quantitative estimate of drug-likeness (QED) is 0.532. The lowest BCUT2D eigenvalue weighted by Crippen LogP contribution is -2.48. The maximum absolute atomic E-state index is 13.5. The summed E-state index contributed by atoms with van der Waals surface area (Å²) < 4.78 is 0. The zero-order chi connectivity index (χ0) is 22.2. The molecule has 1 fully saturated rings. The molecule has 3 rings (SSSR count). The van der Waals surface area contributed by atoms with Crippen molar-refractivity contribution < 1.29 is 9.59 Å². The molecular weight excluding hydrogens is 431 g/mol. The Morgan fingerprint density at radius 1 is 1.06 bits per heavy atom. The van der Waals surface area contributed by atoms with Crippen molar-refractivity contribution in [1.82, 2.24) is 10.2 Å². The van der Waals surface area contributed by atoms with Gasteiger partial charge in [-0.2, -0.15) is 0 Å². The fraction of sp³-hybridized carbons (Fsp3) is 0.440. The normalized spacial score (nSPS) is 15.3. The molecule has 0 saturated heterocycles. The van der Waals surface area contributed by atoms with Gasteiger partial charge in [-0.05, 0) is 55.0 Å². The van der Waals surface area contributed by atoms with E-state index < -0.39 is 6.04 Å². The number of carbonyl (C=O) groups excluding carboxylic acids is 2. The Morgan fingerprint density at radius 2 is 1.74 bits per heavy atom. The predicted octanol–water partition coefficient (Wildman–Crippen LogP) is 5.45. The van der Waals surface area contributed by atoms with Crippen LogP contribution in [0.2, 0.25) is 5.02 Å². The summed E-state index contributed by atoms with van der Waals surface area (Å²) in [6.07, 6.45) is 6.05. The summed E-state index contributed by atoms with van der Waals surface area (Å²) in [5.41, 5.74) is 2.86. The summed E-state index contributed by atoms with van der Waals surface area (Å²) in [5, 5.41) is 3.88. The Kier molecular flexibility index (Phi) is 8.79. The lowest BCUT2D eigenvalue weighted by Gasteiger charge is -2.34. The summed E-state index contributed by atoms with van der Waals surface area (Å²) in [5.74, 6) is -0.543. The van der Waals surface area contributed by atoms with E-state index in [9.17, 15) is 9.59 Å². The minimum absolute atomic E-state index is 0.129. The summed E-state index contributed by atoms with van der Waals surface area (Å²) in [6, 6.07) is 14.8. The van der Waals surface area contributed by atoms with Crippen LogP contribution in [0, 0.1) is 6.92 Å². The molecule has 6 heteroatoms. The van der Waals surface area contributed by atoms with Crippen LogP contribution in [-0.2, 0) is 16.0 Å². The van der Waals surface area contributed by atoms with Crippen LogP contribution < -0.4 is 5.32 Å². The lowest BCUT2D eigenvalue weighted by atomic mass is 9.94. The molecule has 0 aliphatic heterocycles. The molecule has 1 unspecified atom stereocenters. The second-order valence-electron chi connectivity index (χ2n) is 8.20. The van der Waals surface area contributed by atoms with Gasteiger partial charge < -0.3 is 10.2 Å². The molecule has 2 aromatic carbocycles. The smallest absolute Gasteiger partial charge is 0.247 e. The first-order chi connectivity index (χ1) is 15.0. The fourth-order valence-corrected chi connectivity index (χ4v) is 4.53. The maximum atomic E-state index is 13.5. The highest BCUT2D eigenvalue weighted by Crippen LogP contribution is 2.27. The molecule has 166 valence electrons. The van der Waals surface area contributed by atoms with Crippen LogP contribution in [-0.4, -0.2) is 35.2 Å². The highest BCUT2D eigenvalue weighted by atomic mass is 35.5. The van der Waals surface area contributed by atoms with E-state index in [1.807, 2.05) is 55.5 Å². The zero-order valence-electron chi connectivity index (χ0n) is 17.9. The van der Waals surface area contributed by atoms with Crippen molar-refractivity contribution in [1.29, 1.82) is 0 Å². The number of aryl methyl sites for hydroxylation is 1. The number of amides is 2. The lowest BCUT2D eigenvalue weighted by molar-refractivity contribution is -0.139. The number of benzene rings is 2. The molecule has 0 aromatic heterocycles. The SMILES string of the molecule is Cc1ccccc1C(C(=O)NC1CCCCC1)N(CCc1ccc(Cl)cc1)C(=O)CCl. The zero-order valence-corrected chi connectivity index (χ0v) is 19.5. The number of nitrogens with one attached hydrogen (secondary N) is 1. The van der Waals surface area contributed by atoms with Crippen molar-refractivity contribution in [3.8, 4) is 0 Å². The minimum atomic E-state index is -0.707. The average molecular weight is 461 g/mol. The van der Waals surface area contributed by atoms with Crippen molar-refractivity contribution in [3.63, 3.8) is 0 Å². The van der Waals surface area contributed by atoms with E-state index in [0.29, 0.717) is 18.0 Å². The van der Waals surface area contributed by atoms with Gasteiger partial charge in [0.2, 0.25) is 11.8 Å².